The van der Waals surface area contributed by atoms with Crippen LogP contribution < -0.4 is 11.1 Å². The summed E-state index contributed by atoms with van der Waals surface area (Å²) in [6, 6.07) is 1.75. The summed E-state index contributed by atoms with van der Waals surface area (Å²) < 4.78 is 0. The molecule has 4 nitrogen and oxygen atoms in total. The van der Waals surface area contributed by atoms with Crippen LogP contribution in [0.2, 0.25) is 0 Å². The lowest BCUT2D eigenvalue weighted by molar-refractivity contribution is 0.0944. The van der Waals surface area contributed by atoms with Crippen molar-refractivity contribution in [2.45, 2.75) is 13.0 Å². The van der Waals surface area contributed by atoms with Gasteiger partial charge in [-0.15, -0.1) is 0 Å². The Kier molecular flexibility index (Phi) is 4.42. The van der Waals surface area contributed by atoms with Crippen molar-refractivity contribution in [1.82, 2.24) is 10.3 Å². The summed E-state index contributed by atoms with van der Waals surface area (Å²) in [4.78, 5) is 15.6. The van der Waals surface area contributed by atoms with Crippen molar-refractivity contribution < 1.29 is 4.79 Å². The van der Waals surface area contributed by atoms with Gasteiger partial charge in [-0.05, 0) is 19.2 Å². The van der Waals surface area contributed by atoms with Crippen molar-refractivity contribution in [3.05, 3.63) is 24.0 Å². The van der Waals surface area contributed by atoms with Gasteiger partial charge in [0.1, 0.15) is 0 Å². The summed E-state index contributed by atoms with van der Waals surface area (Å²) in [5.41, 5.74) is 6.56. The first-order valence-corrected chi connectivity index (χ1v) is 6.03. The highest BCUT2D eigenvalue weighted by Crippen LogP contribution is 2.08. The Labute approximate surface area is 93.7 Å². The monoisotopic (exact) mass is 225 g/mol. The Morgan fingerprint density at radius 3 is 3.07 bits per heavy atom. The number of rotatable bonds is 4. The maximum absolute atomic E-state index is 11.7. The van der Waals surface area contributed by atoms with Crippen molar-refractivity contribution >= 4 is 23.4 Å². The van der Waals surface area contributed by atoms with Crippen LogP contribution in [-0.4, -0.2) is 28.9 Å². The van der Waals surface area contributed by atoms with E-state index in [1.807, 2.05) is 13.2 Å². The van der Waals surface area contributed by atoms with E-state index in [2.05, 4.69) is 10.3 Å². The molecule has 5 heteroatoms. The summed E-state index contributed by atoms with van der Waals surface area (Å²) in [6.45, 7) is 1.96. The van der Waals surface area contributed by atoms with Crippen LogP contribution in [0, 0.1) is 0 Å². The topological polar surface area (TPSA) is 68.0 Å². The molecule has 1 amide bonds. The number of carbonyl (C=O) groups excluding carboxylic acids is 1. The molecule has 1 atom stereocenters. The second-order valence-electron chi connectivity index (χ2n) is 3.29. The number of hydrogen-bond acceptors (Lipinski definition) is 4. The highest BCUT2D eigenvalue weighted by atomic mass is 32.2. The van der Waals surface area contributed by atoms with Gasteiger partial charge in [0.2, 0.25) is 0 Å². The number of nitrogen functional groups attached to an aromatic ring is 1. The van der Waals surface area contributed by atoms with Gasteiger partial charge in [-0.2, -0.15) is 11.8 Å². The van der Waals surface area contributed by atoms with Gasteiger partial charge < -0.3 is 11.1 Å². The van der Waals surface area contributed by atoms with Gasteiger partial charge in [0.25, 0.3) is 5.91 Å². The van der Waals surface area contributed by atoms with Crippen LogP contribution >= 0.6 is 11.8 Å². The quantitative estimate of drug-likeness (QED) is 0.806. The predicted molar refractivity (Wildman–Crippen MR) is 64.0 cm³/mol. The Balaban J connectivity index is 2.65. The summed E-state index contributed by atoms with van der Waals surface area (Å²) in [5, 5.41) is 2.86. The van der Waals surface area contributed by atoms with E-state index >= 15 is 0 Å². The molecular formula is C10H15N3OS. The molecule has 0 saturated carbocycles. The molecule has 0 aromatic carbocycles. The Morgan fingerprint density at radius 2 is 2.47 bits per heavy atom. The van der Waals surface area contributed by atoms with E-state index in [-0.39, 0.29) is 11.9 Å². The molecule has 0 bridgehead atoms. The van der Waals surface area contributed by atoms with Gasteiger partial charge in [0, 0.05) is 29.9 Å². The largest absolute Gasteiger partial charge is 0.398 e. The standard InChI is InChI=1S/C10H15N3OS/c1-7(6-15-2)13-10(14)8-5-12-4-3-9(8)11/h3-5,7H,6H2,1-2H3,(H2,11,12)(H,13,14). The zero-order valence-corrected chi connectivity index (χ0v) is 9.67. The number of nitrogens with one attached hydrogen (secondary N) is 1. The average molecular weight is 225 g/mol. The minimum absolute atomic E-state index is 0.132. The van der Waals surface area contributed by atoms with Gasteiger partial charge >= 0.3 is 0 Å². The van der Waals surface area contributed by atoms with Gasteiger partial charge in [0.05, 0.1) is 5.56 Å². The summed E-state index contributed by atoms with van der Waals surface area (Å²) in [6.07, 6.45) is 5.05. The van der Waals surface area contributed by atoms with E-state index < -0.39 is 0 Å². The first-order chi connectivity index (χ1) is 7.15. The first kappa shape index (κ1) is 11.8. The highest BCUT2D eigenvalue weighted by molar-refractivity contribution is 7.98. The van der Waals surface area contributed by atoms with E-state index in [0.717, 1.165) is 5.75 Å². The number of hydrogen-bond donors (Lipinski definition) is 2. The lowest BCUT2D eigenvalue weighted by atomic mass is 10.2. The molecule has 3 N–H and O–H groups in total. The fourth-order valence-corrected chi connectivity index (χ4v) is 1.77. The molecule has 0 spiro atoms. The number of carbonyl (C=O) groups is 1. The van der Waals surface area contributed by atoms with Gasteiger partial charge in [-0.25, -0.2) is 0 Å². The molecule has 0 aliphatic heterocycles. The maximum atomic E-state index is 11.7. The Morgan fingerprint density at radius 1 is 1.73 bits per heavy atom. The molecule has 1 rings (SSSR count). The third-order valence-corrected chi connectivity index (χ3v) is 2.73. The normalized spacial score (nSPS) is 12.1. The number of anilines is 1. The highest BCUT2D eigenvalue weighted by Gasteiger charge is 2.11. The molecule has 0 aliphatic carbocycles. The fourth-order valence-electron chi connectivity index (χ4n) is 1.19. The lowest BCUT2D eigenvalue weighted by Crippen LogP contribution is -2.34. The van der Waals surface area contributed by atoms with E-state index in [9.17, 15) is 4.79 Å². The minimum atomic E-state index is -0.165. The van der Waals surface area contributed by atoms with Crippen molar-refractivity contribution in [2.24, 2.45) is 0 Å². The molecule has 1 aromatic rings. The number of thioether (sulfide) groups is 1. The Bertz CT molecular complexity index is 343. The van der Waals surface area contributed by atoms with E-state index in [1.165, 1.54) is 6.20 Å². The summed E-state index contributed by atoms with van der Waals surface area (Å²) in [7, 11) is 0. The van der Waals surface area contributed by atoms with Gasteiger partial charge in [-0.3, -0.25) is 9.78 Å². The molecule has 0 saturated heterocycles. The summed E-state index contributed by atoms with van der Waals surface area (Å²) in [5.74, 6) is 0.716. The van der Waals surface area contributed by atoms with E-state index in [4.69, 9.17) is 5.73 Å². The van der Waals surface area contributed by atoms with E-state index in [0.29, 0.717) is 11.3 Å². The third-order valence-electron chi connectivity index (χ3n) is 1.89. The minimum Gasteiger partial charge on any atom is -0.398 e. The lowest BCUT2D eigenvalue weighted by Gasteiger charge is -2.12. The van der Waals surface area contributed by atoms with Crippen LogP contribution in [0.4, 0.5) is 5.69 Å². The maximum Gasteiger partial charge on any atom is 0.255 e. The Hall–Kier alpha value is -1.23. The molecular weight excluding hydrogens is 210 g/mol. The fraction of sp³-hybridized carbons (Fsp3) is 0.400. The molecule has 1 unspecified atom stereocenters. The number of aromatic nitrogens is 1. The van der Waals surface area contributed by atoms with Crippen LogP contribution in [0.5, 0.6) is 0 Å². The van der Waals surface area contributed by atoms with Crippen LogP contribution in [0.3, 0.4) is 0 Å². The van der Waals surface area contributed by atoms with Crippen molar-refractivity contribution in [2.75, 3.05) is 17.7 Å². The average Bonchev–Trinajstić information content (AvgIpc) is 2.18. The van der Waals surface area contributed by atoms with Crippen LogP contribution in [0.1, 0.15) is 17.3 Å². The molecule has 15 heavy (non-hydrogen) atoms. The van der Waals surface area contributed by atoms with Crippen LogP contribution in [-0.2, 0) is 0 Å². The number of amides is 1. The van der Waals surface area contributed by atoms with Crippen molar-refractivity contribution in [3.8, 4) is 0 Å². The predicted octanol–water partition coefficient (Wildman–Crippen LogP) is 1.15. The van der Waals surface area contributed by atoms with Crippen molar-refractivity contribution in [3.63, 3.8) is 0 Å². The molecule has 82 valence electrons. The van der Waals surface area contributed by atoms with Gasteiger partial charge in [-0.1, -0.05) is 0 Å². The summed E-state index contributed by atoms with van der Waals surface area (Å²) >= 11 is 1.69. The third kappa shape index (κ3) is 3.43. The molecule has 0 radical (unpaired) electrons. The molecule has 0 fully saturated rings. The second-order valence-corrected chi connectivity index (χ2v) is 4.20. The number of nitrogens with zero attached hydrogens (tertiary/aromatic N) is 1. The zero-order valence-electron chi connectivity index (χ0n) is 8.86. The second kappa shape index (κ2) is 5.60. The number of nitrogens with two attached hydrogens (primary N) is 1. The SMILES string of the molecule is CSCC(C)NC(=O)c1cnccc1N. The first-order valence-electron chi connectivity index (χ1n) is 4.64. The molecule has 1 aromatic heterocycles. The molecule has 0 aliphatic rings. The van der Waals surface area contributed by atoms with Gasteiger partial charge in [0.15, 0.2) is 0 Å². The van der Waals surface area contributed by atoms with E-state index in [1.54, 1.807) is 24.0 Å². The zero-order chi connectivity index (χ0) is 11.3. The van der Waals surface area contributed by atoms with Crippen LogP contribution in [0.25, 0.3) is 0 Å². The number of pyridine rings is 1. The smallest absolute Gasteiger partial charge is 0.255 e. The molecule has 1 heterocycles. The van der Waals surface area contributed by atoms with Crippen molar-refractivity contribution in [1.29, 1.82) is 0 Å². The van der Waals surface area contributed by atoms with Crippen LogP contribution in [0.15, 0.2) is 18.5 Å².